The molecule has 0 radical (unpaired) electrons. The van der Waals surface area contributed by atoms with E-state index >= 15 is 0 Å². The van der Waals surface area contributed by atoms with Gasteiger partial charge in [-0.25, -0.2) is 0 Å². The van der Waals surface area contributed by atoms with Crippen molar-refractivity contribution in [1.82, 2.24) is 5.32 Å². The Morgan fingerprint density at radius 2 is 1.90 bits per heavy atom. The summed E-state index contributed by atoms with van der Waals surface area (Å²) in [6.45, 7) is 3.05. The van der Waals surface area contributed by atoms with Crippen molar-refractivity contribution in [2.45, 2.75) is 39.0 Å². The van der Waals surface area contributed by atoms with E-state index in [-0.39, 0.29) is 0 Å². The van der Waals surface area contributed by atoms with E-state index < -0.39 is 0 Å². The minimum atomic E-state index is 0.847. The molecule has 0 amide bonds. The maximum atomic E-state index is 8.11. The highest BCUT2D eigenvalue weighted by atomic mass is 14.8. The van der Waals surface area contributed by atoms with Crippen LogP contribution in [0.25, 0.3) is 0 Å². The van der Waals surface area contributed by atoms with Gasteiger partial charge < -0.3 is 5.32 Å². The van der Waals surface area contributed by atoms with Crippen molar-refractivity contribution < 1.29 is 0 Å². The van der Waals surface area contributed by atoms with Crippen LogP contribution in [0.1, 0.15) is 39.0 Å². The number of rotatable bonds is 6. The van der Waals surface area contributed by atoms with Gasteiger partial charge in [-0.1, -0.05) is 32.6 Å². The van der Waals surface area contributed by atoms with E-state index in [4.69, 9.17) is 5.26 Å². The normalized spacial score (nSPS) is 8.80. The summed E-state index contributed by atoms with van der Waals surface area (Å²) in [6, 6.07) is 0. The van der Waals surface area contributed by atoms with Crippen molar-refractivity contribution in [2.75, 3.05) is 6.54 Å². The molecule has 0 aliphatic carbocycles. The van der Waals surface area contributed by atoms with Gasteiger partial charge in [-0.3, -0.25) is 0 Å². The largest absolute Gasteiger partial charge is 0.324 e. The molecule has 2 heteroatoms. The van der Waals surface area contributed by atoms with E-state index in [0.717, 1.165) is 13.0 Å². The van der Waals surface area contributed by atoms with E-state index in [1.807, 2.05) is 6.19 Å². The Morgan fingerprint density at radius 1 is 1.20 bits per heavy atom. The molecule has 0 aromatic carbocycles. The first-order valence-electron chi connectivity index (χ1n) is 4.03. The molecule has 0 atom stereocenters. The second-order valence-electron chi connectivity index (χ2n) is 2.45. The van der Waals surface area contributed by atoms with Crippen LogP contribution in [0.3, 0.4) is 0 Å². The summed E-state index contributed by atoms with van der Waals surface area (Å²) >= 11 is 0. The fraction of sp³-hybridized carbons (Fsp3) is 0.875. The predicted octanol–water partition coefficient (Wildman–Crippen LogP) is 2.03. The molecule has 0 rings (SSSR count). The number of unbranched alkanes of at least 4 members (excludes halogenated alkanes) is 4. The van der Waals surface area contributed by atoms with Crippen molar-refractivity contribution in [2.24, 2.45) is 0 Å². The van der Waals surface area contributed by atoms with Gasteiger partial charge in [-0.15, -0.1) is 0 Å². The number of nitriles is 1. The number of hydrogen-bond donors (Lipinski definition) is 1. The molecule has 0 aliphatic heterocycles. The van der Waals surface area contributed by atoms with Crippen molar-refractivity contribution in [3.05, 3.63) is 0 Å². The van der Waals surface area contributed by atoms with E-state index in [9.17, 15) is 0 Å². The van der Waals surface area contributed by atoms with Gasteiger partial charge in [-0.05, 0) is 6.42 Å². The maximum absolute atomic E-state index is 8.11. The van der Waals surface area contributed by atoms with Gasteiger partial charge in [0.25, 0.3) is 0 Å². The highest BCUT2D eigenvalue weighted by Gasteiger charge is 1.86. The average Bonchev–Trinajstić information content (AvgIpc) is 1.97. The molecule has 0 saturated carbocycles. The number of nitrogens with zero attached hydrogens (tertiary/aromatic N) is 1. The van der Waals surface area contributed by atoms with Gasteiger partial charge in [-0.2, -0.15) is 5.26 Å². The van der Waals surface area contributed by atoms with Crippen molar-refractivity contribution in [1.29, 1.82) is 5.26 Å². The molecule has 0 heterocycles. The molecule has 0 aliphatic rings. The molecule has 2 nitrogen and oxygen atoms in total. The third-order valence-electron chi connectivity index (χ3n) is 1.48. The predicted molar refractivity (Wildman–Crippen MR) is 42.4 cm³/mol. The second-order valence-corrected chi connectivity index (χ2v) is 2.45. The fourth-order valence-corrected chi connectivity index (χ4v) is 0.873. The fourth-order valence-electron chi connectivity index (χ4n) is 0.873. The topological polar surface area (TPSA) is 35.8 Å². The lowest BCUT2D eigenvalue weighted by Crippen LogP contribution is -2.06. The quantitative estimate of drug-likeness (QED) is 0.348. The monoisotopic (exact) mass is 140 g/mol. The van der Waals surface area contributed by atoms with Crippen LogP contribution in [-0.4, -0.2) is 6.54 Å². The first kappa shape index (κ1) is 9.29. The van der Waals surface area contributed by atoms with Gasteiger partial charge >= 0.3 is 0 Å². The van der Waals surface area contributed by atoms with Crippen molar-refractivity contribution in [3.8, 4) is 6.19 Å². The Bertz CT molecular complexity index is 93.9. The lowest BCUT2D eigenvalue weighted by atomic mass is 10.1. The summed E-state index contributed by atoms with van der Waals surface area (Å²) in [5, 5.41) is 10.7. The number of nitrogens with one attached hydrogen (secondary N) is 1. The van der Waals surface area contributed by atoms with Crippen LogP contribution in [0.15, 0.2) is 0 Å². The van der Waals surface area contributed by atoms with Crippen molar-refractivity contribution >= 4 is 0 Å². The van der Waals surface area contributed by atoms with Crippen LogP contribution < -0.4 is 5.32 Å². The highest BCUT2D eigenvalue weighted by molar-refractivity contribution is 4.63. The second kappa shape index (κ2) is 8.29. The first-order valence-corrected chi connectivity index (χ1v) is 4.03. The van der Waals surface area contributed by atoms with Crippen LogP contribution in [0.4, 0.5) is 0 Å². The lowest BCUT2D eigenvalue weighted by Gasteiger charge is -1.96. The van der Waals surface area contributed by atoms with E-state index in [1.54, 1.807) is 0 Å². The van der Waals surface area contributed by atoms with Crippen molar-refractivity contribution in [3.63, 3.8) is 0 Å². The minimum absolute atomic E-state index is 0.847. The molecule has 0 aromatic heterocycles. The Kier molecular flexibility index (Phi) is 7.70. The first-order chi connectivity index (χ1) is 4.91. The average molecular weight is 140 g/mol. The van der Waals surface area contributed by atoms with Crippen LogP contribution >= 0.6 is 0 Å². The summed E-state index contributed by atoms with van der Waals surface area (Å²) in [4.78, 5) is 0. The molecule has 10 heavy (non-hydrogen) atoms. The molecule has 0 unspecified atom stereocenters. The molecule has 0 aromatic rings. The Balaban J connectivity index is 2.72. The summed E-state index contributed by atoms with van der Waals surface area (Å²) in [6.07, 6.45) is 8.21. The molecular weight excluding hydrogens is 124 g/mol. The molecule has 0 saturated heterocycles. The third-order valence-corrected chi connectivity index (χ3v) is 1.48. The molecule has 0 bridgehead atoms. The minimum Gasteiger partial charge on any atom is -0.324 e. The van der Waals surface area contributed by atoms with Crippen LogP contribution in [0, 0.1) is 11.5 Å². The maximum Gasteiger partial charge on any atom is 0.176 e. The van der Waals surface area contributed by atoms with Gasteiger partial charge in [0.1, 0.15) is 0 Å². The van der Waals surface area contributed by atoms with Gasteiger partial charge in [0.15, 0.2) is 6.19 Å². The molecule has 0 fully saturated rings. The summed E-state index contributed by atoms with van der Waals surface area (Å²) < 4.78 is 0. The summed E-state index contributed by atoms with van der Waals surface area (Å²) in [5.41, 5.74) is 0. The summed E-state index contributed by atoms with van der Waals surface area (Å²) in [7, 11) is 0. The Hall–Kier alpha value is -0.710. The standard InChI is InChI=1S/C8H16N2/c1-2-3-4-5-6-7-10-8-9/h10H,2-7H2,1H3. The zero-order chi connectivity index (χ0) is 7.66. The Labute approximate surface area is 63.2 Å². The molecular formula is C8H16N2. The van der Waals surface area contributed by atoms with Gasteiger partial charge in [0.05, 0.1) is 0 Å². The summed E-state index contributed by atoms with van der Waals surface area (Å²) in [5.74, 6) is 0. The molecule has 1 N–H and O–H groups in total. The molecule has 58 valence electrons. The van der Waals surface area contributed by atoms with Gasteiger partial charge in [0, 0.05) is 6.54 Å². The van der Waals surface area contributed by atoms with E-state index in [2.05, 4.69) is 12.2 Å². The van der Waals surface area contributed by atoms with Crippen LogP contribution in [0.5, 0.6) is 0 Å². The zero-order valence-electron chi connectivity index (χ0n) is 6.69. The smallest absolute Gasteiger partial charge is 0.176 e. The zero-order valence-corrected chi connectivity index (χ0v) is 6.69. The van der Waals surface area contributed by atoms with Crippen LogP contribution in [0.2, 0.25) is 0 Å². The van der Waals surface area contributed by atoms with E-state index in [0.29, 0.717) is 0 Å². The van der Waals surface area contributed by atoms with E-state index in [1.165, 1.54) is 25.7 Å². The third kappa shape index (κ3) is 7.29. The van der Waals surface area contributed by atoms with Gasteiger partial charge in [0.2, 0.25) is 0 Å². The lowest BCUT2D eigenvalue weighted by molar-refractivity contribution is 0.621. The Morgan fingerprint density at radius 3 is 2.50 bits per heavy atom. The molecule has 0 spiro atoms. The SMILES string of the molecule is CCCCCCCNC#N. The number of hydrogen-bond acceptors (Lipinski definition) is 2. The highest BCUT2D eigenvalue weighted by Crippen LogP contribution is 2.00. The van der Waals surface area contributed by atoms with Crippen LogP contribution in [-0.2, 0) is 0 Å².